The highest BCUT2D eigenvalue weighted by Crippen LogP contribution is 2.61. The summed E-state index contributed by atoms with van der Waals surface area (Å²) >= 11 is 5.61. The Morgan fingerprint density at radius 2 is 2.15 bits per heavy atom. The first-order valence-electron chi connectivity index (χ1n) is 5.16. The number of carbonyl (C=O) groups is 1. The molecule has 0 spiro atoms. The molecule has 13 heavy (non-hydrogen) atoms. The summed E-state index contributed by atoms with van der Waals surface area (Å²) in [5.41, 5.74) is 0.407. The molecular weight excluding hydrogens is 184 g/mol. The van der Waals surface area contributed by atoms with E-state index in [4.69, 9.17) is 11.6 Å². The van der Waals surface area contributed by atoms with Gasteiger partial charge in [0.1, 0.15) is 0 Å². The third-order valence-electron chi connectivity index (χ3n) is 4.40. The Labute approximate surface area is 84.8 Å². The fourth-order valence-corrected chi connectivity index (χ4v) is 3.49. The summed E-state index contributed by atoms with van der Waals surface area (Å²) in [7, 11) is 0. The van der Waals surface area contributed by atoms with Crippen molar-refractivity contribution in [3.8, 4) is 0 Å². The lowest BCUT2D eigenvalue weighted by Crippen LogP contribution is -2.54. The van der Waals surface area contributed by atoms with Crippen LogP contribution in [0.15, 0.2) is 0 Å². The zero-order valence-corrected chi connectivity index (χ0v) is 9.10. The topological polar surface area (TPSA) is 17.1 Å². The van der Waals surface area contributed by atoms with E-state index in [1.54, 1.807) is 0 Å². The minimum Gasteiger partial charge on any atom is -0.298 e. The van der Waals surface area contributed by atoms with Crippen LogP contribution in [0.25, 0.3) is 0 Å². The van der Waals surface area contributed by atoms with Crippen molar-refractivity contribution in [1.29, 1.82) is 0 Å². The molecule has 0 aliphatic heterocycles. The van der Waals surface area contributed by atoms with Gasteiger partial charge < -0.3 is 0 Å². The van der Waals surface area contributed by atoms with E-state index in [0.717, 1.165) is 12.3 Å². The van der Waals surface area contributed by atoms with Crippen LogP contribution in [-0.4, -0.2) is 11.7 Å². The molecule has 0 radical (unpaired) electrons. The van der Waals surface area contributed by atoms with Gasteiger partial charge in [0.2, 0.25) is 0 Å². The summed E-state index contributed by atoms with van der Waals surface area (Å²) < 4.78 is 0. The Balaban J connectivity index is 2.11. The summed E-state index contributed by atoms with van der Waals surface area (Å²) in [4.78, 5) is 11.6. The van der Waals surface area contributed by atoms with E-state index in [1.807, 2.05) is 0 Å². The number of ketones is 1. The van der Waals surface area contributed by atoms with Gasteiger partial charge >= 0.3 is 0 Å². The Morgan fingerprint density at radius 1 is 1.46 bits per heavy atom. The van der Waals surface area contributed by atoms with Crippen molar-refractivity contribution < 1.29 is 4.79 Å². The number of carbonyl (C=O) groups excluding carboxylic acids is 1. The smallest absolute Gasteiger partial charge is 0.150 e. The van der Waals surface area contributed by atoms with Crippen molar-refractivity contribution >= 4 is 17.4 Å². The maximum atomic E-state index is 11.6. The summed E-state index contributed by atoms with van der Waals surface area (Å²) in [5, 5.41) is 0. The molecule has 3 atom stereocenters. The van der Waals surface area contributed by atoms with Gasteiger partial charge in [-0.25, -0.2) is 0 Å². The number of fused-ring (bicyclic) bond motifs is 2. The van der Waals surface area contributed by atoms with Gasteiger partial charge in [0, 0.05) is 5.92 Å². The summed E-state index contributed by atoms with van der Waals surface area (Å²) in [6, 6.07) is 0. The van der Waals surface area contributed by atoms with E-state index in [-0.39, 0.29) is 17.6 Å². The third kappa shape index (κ3) is 1.24. The number of alkyl halides is 1. The molecule has 1 nitrogen and oxygen atoms in total. The van der Waals surface area contributed by atoms with Crippen molar-refractivity contribution in [2.75, 3.05) is 5.88 Å². The second-order valence-electron chi connectivity index (χ2n) is 5.14. The van der Waals surface area contributed by atoms with Crippen LogP contribution >= 0.6 is 11.6 Å². The monoisotopic (exact) mass is 200 g/mol. The van der Waals surface area contributed by atoms with Crippen LogP contribution in [0.3, 0.4) is 0 Å². The minimum atomic E-state index is 0.210. The quantitative estimate of drug-likeness (QED) is 0.627. The van der Waals surface area contributed by atoms with Crippen LogP contribution in [-0.2, 0) is 4.79 Å². The van der Waals surface area contributed by atoms with Gasteiger partial charge in [-0.15, -0.1) is 11.6 Å². The standard InChI is InChI=1S/C11H17ClO/c1-11(2)7-3-4-8(9(11)5-7)10(13)6-12/h7-9H,3-6H2,1-2H3. The van der Waals surface area contributed by atoms with Crippen LogP contribution in [0.4, 0.5) is 0 Å². The maximum Gasteiger partial charge on any atom is 0.150 e. The molecule has 3 saturated carbocycles. The molecule has 2 bridgehead atoms. The molecule has 0 N–H and O–H groups in total. The molecule has 0 aromatic heterocycles. The van der Waals surface area contributed by atoms with Crippen molar-refractivity contribution in [3.05, 3.63) is 0 Å². The van der Waals surface area contributed by atoms with E-state index < -0.39 is 0 Å². The summed E-state index contributed by atoms with van der Waals surface area (Å²) in [6.07, 6.45) is 3.58. The Hall–Kier alpha value is -0.0400. The maximum absolute atomic E-state index is 11.6. The van der Waals surface area contributed by atoms with Crippen LogP contribution in [0.1, 0.15) is 33.1 Å². The lowest BCUT2D eigenvalue weighted by molar-refractivity contribution is -0.143. The zero-order chi connectivity index (χ0) is 9.64. The Kier molecular flexibility index (Phi) is 2.18. The van der Waals surface area contributed by atoms with Gasteiger partial charge in [-0.1, -0.05) is 13.8 Å². The largest absolute Gasteiger partial charge is 0.298 e. The van der Waals surface area contributed by atoms with Crippen LogP contribution in [0.2, 0.25) is 0 Å². The predicted octanol–water partition coefficient (Wildman–Crippen LogP) is 2.87. The Bertz CT molecular complexity index is 232. The van der Waals surface area contributed by atoms with Gasteiger partial charge in [0.25, 0.3) is 0 Å². The second kappa shape index (κ2) is 2.98. The zero-order valence-electron chi connectivity index (χ0n) is 8.35. The summed E-state index contributed by atoms with van der Waals surface area (Å²) in [6.45, 7) is 4.61. The third-order valence-corrected chi connectivity index (χ3v) is 4.67. The fraction of sp³-hybridized carbons (Fsp3) is 0.909. The molecule has 0 aromatic carbocycles. The lowest BCUT2D eigenvalue weighted by Gasteiger charge is -2.59. The Morgan fingerprint density at radius 3 is 2.62 bits per heavy atom. The van der Waals surface area contributed by atoms with E-state index in [9.17, 15) is 4.79 Å². The lowest BCUT2D eigenvalue weighted by atomic mass is 9.45. The molecule has 0 aromatic rings. The van der Waals surface area contributed by atoms with E-state index >= 15 is 0 Å². The number of halogens is 1. The molecule has 3 aliphatic rings. The fourth-order valence-electron chi connectivity index (χ4n) is 3.30. The number of rotatable bonds is 2. The molecule has 0 saturated heterocycles. The molecule has 74 valence electrons. The highest BCUT2D eigenvalue weighted by molar-refractivity contribution is 6.27. The molecule has 3 fully saturated rings. The predicted molar refractivity (Wildman–Crippen MR) is 53.8 cm³/mol. The molecule has 3 aliphatic carbocycles. The van der Waals surface area contributed by atoms with E-state index in [0.29, 0.717) is 11.3 Å². The molecule has 3 unspecified atom stereocenters. The van der Waals surface area contributed by atoms with Gasteiger partial charge in [-0.05, 0) is 36.5 Å². The van der Waals surface area contributed by atoms with Crippen molar-refractivity contribution in [1.82, 2.24) is 0 Å². The molecular formula is C11H17ClO. The molecule has 0 amide bonds. The average Bonchev–Trinajstić information content (AvgIpc) is 2.16. The highest BCUT2D eigenvalue weighted by Gasteiger charge is 2.55. The van der Waals surface area contributed by atoms with Gasteiger partial charge in [-0.2, -0.15) is 0 Å². The van der Waals surface area contributed by atoms with Crippen molar-refractivity contribution in [2.45, 2.75) is 33.1 Å². The molecule has 2 heteroatoms. The minimum absolute atomic E-state index is 0.210. The van der Waals surface area contributed by atoms with Gasteiger partial charge in [0.15, 0.2) is 5.78 Å². The first kappa shape index (κ1) is 9.51. The van der Waals surface area contributed by atoms with Crippen molar-refractivity contribution in [2.24, 2.45) is 23.2 Å². The van der Waals surface area contributed by atoms with Gasteiger partial charge in [-0.3, -0.25) is 4.79 Å². The number of hydrogen-bond acceptors (Lipinski definition) is 1. The first-order valence-corrected chi connectivity index (χ1v) is 5.69. The number of Topliss-reactive ketones (excluding diaryl/α,β-unsaturated/α-hetero) is 1. The number of hydrogen-bond donors (Lipinski definition) is 0. The molecule has 3 rings (SSSR count). The average molecular weight is 201 g/mol. The SMILES string of the molecule is CC1(C)C2CCC(C(=O)CCl)C1C2. The van der Waals surface area contributed by atoms with E-state index in [1.165, 1.54) is 12.8 Å². The first-order chi connectivity index (χ1) is 6.07. The molecule has 0 heterocycles. The van der Waals surface area contributed by atoms with Crippen LogP contribution in [0.5, 0.6) is 0 Å². The van der Waals surface area contributed by atoms with E-state index in [2.05, 4.69) is 13.8 Å². The normalized spacial score (nSPS) is 41.0. The highest BCUT2D eigenvalue weighted by atomic mass is 35.5. The van der Waals surface area contributed by atoms with Gasteiger partial charge in [0.05, 0.1) is 5.88 Å². The van der Waals surface area contributed by atoms with Crippen LogP contribution < -0.4 is 0 Å². The second-order valence-corrected chi connectivity index (χ2v) is 5.41. The van der Waals surface area contributed by atoms with Crippen LogP contribution in [0, 0.1) is 23.2 Å². The summed E-state index contributed by atoms with van der Waals surface area (Å²) in [5.74, 6) is 2.26. The van der Waals surface area contributed by atoms with Crippen molar-refractivity contribution in [3.63, 3.8) is 0 Å².